The smallest absolute Gasteiger partial charge is 0.255 e. The van der Waals surface area contributed by atoms with Gasteiger partial charge < -0.3 is 24.4 Å². The maximum Gasteiger partial charge on any atom is 0.255 e. The Morgan fingerprint density at radius 2 is 1.74 bits per heavy atom. The summed E-state index contributed by atoms with van der Waals surface area (Å²) < 4.78 is 29.6. The summed E-state index contributed by atoms with van der Waals surface area (Å²) in [6, 6.07) is 9.88. The normalized spacial score (nSPS) is 10.3. The lowest BCUT2D eigenvalue weighted by atomic mass is 10.1. The van der Waals surface area contributed by atoms with E-state index in [1.807, 2.05) is 11.9 Å². The van der Waals surface area contributed by atoms with Crippen molar-refractivity contribution in [2.24, 2.45) is 0 Å². The molecule has 0 bridgehead atoms. The lowest BCUT2D eigenvalue weighted by Crippen LogP contribution is -2.28. The van der Waals surface area contributed by atoms with Crippen LogP contribution in [0.25, 0.3) is 0 Å². The molecule has 0 unspecified atom stereocenters. The molecule has 2 aromatic carbocycles. The average Bonchev–Trinajstić information content (AvgIpc) is 2.69. The van der Waals surface area contributed by atoms with Gasteiger partial charge in [0.05, 0.1) is 32.6 Å². The highest BCUT2D eigenvalue weighted by molar-refractivity contribution is 5.98. The van der Waals surface area contributed by atoms with Crippen LogP contribution in [-0.4, -0.2) is 47.4 Å². The van der Waals surface area contributed by atoms with Gasteiger partial charge in [0.25, 0.3) is 5.91 Å². The third-order valence-corrected chi connectivity index (χ3v) is 4.17. The minimum atomic E-state index is -0.277. The Labute approximate surface area is 158 Å². The molecule has 0 atom stereocenters. The van der Waals surface area contributed by atoms with E-state index in [0.717, 1.165) is 0 Å². The molecule has 0 radical (unpaired) electrons. The van der Waals surface area contributed by atoms with Crippen LogP contribution >= 0.6 is 0 Å². The molecule has 2 rings (SSSR count). The van der Waals surface area contributed by atoms with Crippen molar-refractivity contribution in [3.05, 3.63) is 47.8 Å². The van der Waals surface area contributed by atoms with Gasteiger partial charge >= 0.3 is 0 Å². The Morgan fingerprint density at radius 3 is 2.37 bits per heavy atom. The van der Waals surface area contributed by atoms with Gasteiger partial charge in [0, 0.05) is 20.1 Å². The molecule has 0 aliphatic heterocycles. The van der Waals surface area contributed by atoms with E-state index in [1.54, 1.807) is 30.3 Å². The number of hydrogen-bond donors (Lipinski definition) is 1. The first kappa shape index (κ1) is 20.4. The van der Waals surface area contributed by atoms with Crippen LogP contribution in [0.15, 0.2) is 36.4 Å². The van der Waals surface area contributed by atoms with E-state index in [4.69, 9.17) is 14.2 Å². The molecule has 1 N–H and O–H groups in total. The summed E-state index contributed by atoms with van der Waals surface area (Å²) in [5, 5.41) is 2.85. The van der Waals surface area contributed by atoms with Gasteiger partial charge in [-0.25, -0.2) is 4.39 Å². The highest BCUT2D eigenvalue weighted by Crippen LogP contribution is 2.39. The molecule has 0 fully saturated rings. The lowest BCUT2D eigenvalue weighted by Gasteiger charge is -2.20. The molecule has 7 heteroatoms. The van der Waals surface area contributed by atoms with E-state index in [9.17, 15) is 9.18 Å². The van der Waals surface area contributed by atoms with E-state index in [1.165, 1.54) is 27.4 Å². The quantitative estimate of drug-likeness (QED) is 0.682. The zero-order chi connectivity index (χ0) is 19.8. The summed E-state index contributed by atoms with van der Waals surface area (Å²) in [6.45, 7) is 1.04. The molecule has 0 spiro atoms. The number of hydrogen-bond acceptors (Lipinski definition) is 5. The largest absolute Gasteiger partial charge is 0.493 e. The molecule has 0 saturated heterocycles. The van der Waals surface area contributed by atoms with E-state index in [0.29, 0.717) is 48.0 Å². The number of carbonyl (C=O) groups excluding carboxylic acids is 1. The summed E-state index contributed by atoms with van der Waals surface area (Å²) in [4.78, 5) is 14.3. The van der Waals surface area contributed by atoms with Crippen molar-refractivity contribution in [1.29, 1.82) is 0 Å². The van der Waals surface area contributed by atoms with Crippen LogP contribution < -0.4 is 24.4 Å². The molecular weight excluding hydrogens is 351 g/mol. The zero-order valence-electron chi connectivity index (χ0n) is 16.0. The second kappa shape index (κ2) is 9.66. The van der Waals surface area contributed by atoms with Crippen molar-refractivity contribution in [3.63, 3.8) is 0 Å². The first-order chi connectivity index (χ1) is 13.0. The summed E-state index contributed by atoms with van der Waals surface area (Å²) in [5.74, 6) is 0.627. The van der Waals surface area contributed by atoms with Gasteiger partial charge in [0.1, 0.15) is 5.82 Å². The van der Waals surface area contributed by atoms with E-state index in [2.05, 4.69) is 5.32 Å². The molecule has 0 heterocycles. The monoisotopic (exact) mass is 376 g/mol. The zero-order valence-corrected chi connectivity index (χ0v) is 16.0. The third kappa shape index (κ3) is 4.81. The Balaban J connectivity index is 1.95. The first-order valence-electron chi connectivity index (χ1n) is 8.56. The van der Waals surface area contributed by atoms with Gasteiger partial charge in [0.2, 0.25) is 5.75 Å². The molecule has 6 nitrogen and oxygen atoms in total. The molecule has 0 aliphatic rings. The number of nitrogens with zero attached hydrogens (tertiary/aromatic N) is 1. The summed E-state index contributed by atoms with van der Waals surface area (Å²) in [6.07, 6.45) is 0.659. The summed E-state index contributed by atoms with van der Waals surface area (Å²) in [7, 11) is 6.29. The van der Waals surface area contributed by atoms with Gasteiger partial charge in [-0.05, 0) is 30.7 Å². The number of ether oxygens (including phenoxy) is 3. The van der Waals surface area contributed by atoms with Gasteiger partial charge in [-0.15, -0.1) is 0 Å². The molecular formula is C20H25FN2O4. The number of nitrogens with one attached hydrogen (secondary N) is 1. The van der Waals surface area contributed by atoms with Crippen molar-refractivity contribution in [2.75, 3.05) is 46.4 Å². The predicted molar refractivity (Wildman–Crippen MR) is 103 cm³/mol. The highest BCUT2D eigenvalue weighted by Gasteiger charge is 2.20. The Kier molecular flexibility index (Phi) is 7.28. The second-order valence-corrected chi connectivity index (χ2v) is 5.86. The van der Waals surface area contributed by atoms with E-state index < -0.39 is 0 Å². The first-order valence-corrected chi connectivity index (χ1v) is 8.56. The number of amides is 1. The Bertz CT molecular complexity index is 783. The molecule has 146 valence electrons. The van der Waals surface area contributed by atoms with Crippen LogP contribution in [0, 0.1) is 5.82 Å². The van der Waals surface area contributed by atoms with E-state index >= 15 is 0 Å². The standard InChI is InChI=1S/C20H25FN2O4/c1-23(16-9-6-5-8-15(16)21)13-7-12-22-20(24)14-10-11-17(25-2)19(27-4)18(14)26-3/h5-6,8-11H,7,12-13H2,1-4H3,(H,22,24). The topological polar surface area (TPSA) is 60.0 Å². The second-order valence-electron chi connectivity index (χ2n) is 5.86. The molecule has 1 amide bonds. The van der Waals surface area contributed by atoms with Gasteiger partial charge in [-0.2, -0.15) is 0 Å². The fourth-order valence-corrected chi connectivity index (χ4v) is 2.78. The van der Waals surface area contributed by atoms with Crippen LogP contribution in [0.4, 0.5) is 10.1 Å². The van der Waals surface area contributed by atoms with Crippen molar-refractivity contribution in [2.45, 2.75) is 6.42 Å². The predicted octanol–water partition coefficient (Wildman–Crippen LogP) is 3.11. The van der Waals surface area contributed by atoms with Crippen molar-refractivity contribution in [1.82, 2.24) is 5.32 Å². The Morgan fingerprint density at radius 1 is 1.04 bits per heavy atom. The van der Waals surface area contributed by atoms with E-state index in [-0.39, 0.29) is 11.7 Å². The number of rotatable bonds is 9. The fourth-order valence-electron chi connectivity index (χ4n) is 2.78. The number of methoxy groups -OCH3 is 3. The summed E-state index contributed by atoms with van der Waals surface area (Å²) >= 11 is 0. The SMILES string of the molecule is COc1ccc(C(=O)NCCCN(C)c2ccccc2F)c(OC)c1OC. The molecule has 0 aliphatic carbocycles. The molecule has 2 aromatic rings. The van der Waals surface area contributed by atoms with Gasteiger partial charge in [0.15, 0.2) is 11.5 Å². The highest BCUT2D eigenvalue weighted by atomic mass is 19.1. The third-order valence-electron chi connectivity index (χ3n) is 4.17. The number of halogens is 1. The molecule has 0 saturated carbocycles. The fraction of sp³-hybridized carbons (Fsp3) is 0.350. The lowest BCUT2D eigenvalue weighted by molar-refractivity contribution is 0.0949. The number of para-hydroxylation sites is 1. The van der Waals surface area contributed by atoms with Crippen LogP contribution in [0.2, 0.25) is 0 Å². The maximum absolute atomic E-state index is 13.8. The van der Waals surface area contributed by atoms with Gasteiger partial charge in [-0.1, -0.05) is 12.1 Å². The van der Waals surface area contributed by atoms with Crippen molar-refractivity contribution < 1.29 is 23.4 Å². The molecule has 27 heavy (non-hydrogen) atoms. The maximum atomic E-state index is 13.8. The van der Waals surface area contributed by atoms with Crippen molar-refractivity contribution in [3.8, 4) is 17.2 Å². The average molecular weight is 376 g/mol. The minimum Gasteiger partial charge on any atom is -0.493 e. The Hall–Kier alpha value is -2.96. The number of anilines is 1. The van der Waals surface area contributed by atoms with Crippen LogP contribution in [0.5, 0.6) is 17.2 Å². The van der Waals surface area contributed by atoms with Crippen LogP contribution in [-0.2, 0) is 0 Å². The van der Waals surface area contributed by atoms with Crippen LogP contribution in [0.1, 0.15) is 16.8 Å². The van der Waals surface area contributed by atoms with Gasteiger partial charge in [-0.3, -0.25) is 4.79 Å². The minimum absolute atomic E-state index is 0.265. The molecule has 0 aromatic heterocycles. The van der Waals surface area contributed by atoms with Crippen molar-refractivity contribution >= 4 is 11.6 Å². The number of carbonyl (C=O) groups is 1. The van der Waals surface area contributed by atoms with Crippen LogP contribution in [0.3, 0.4) is 0 Å². The number of benzene rings is 2. The summed E-state index contributed by atoms with van der Waals surface area (Å²) in [5.41, 5.74) is 0.892.